The third kappa shape index (κ3) is 2.12. The van der Waals surface area contributed by atoms with E-state index in [4.69, 9.17) is 0 Å². The molecule has 2 aromatic rings. The van der Waals surface area contributed by atoms with Crippen molar-refractivity contribution in [3.63, 3.8) is 0 Å². The van der Waals surface area contributed by atoms with Gasteiger partial charge in [-0.3, -0.25) is 0 Å². The zero-order valence-electron chi connectivity index (χ0n) is 12.6. The molecule has 24 heavy (non-hydrogen) atoms. The van der Waals surface area contributed by atoms with E-state index in [0.29, 0.717) is 0 Å². The second-order valence-electron chi connectivity index (χ2n) is 5.97. The molecule has 0 radical (unpaired) electrons. The van der Waals surface area contributed by atoms with E-state index in [0.717, 1.165) is 10.6 Å². The molecule has 1 spiro atoms. The molecule has 2 aliphatic heterocycles. The second kappa shape index (κ2) is 5.94. The summed E-state index contributed by atoms with van der Waals surface area (Å²) < 4.78 is 0. The predicted molar refractivity (Wildman–Crippen MR) is 105 cm³/mol. The summed E-state index contributed by atoms with van der Waals surface area (Å²) in [6.07, 6.45) is 0. The normalized spacial score (nSPS) is 38.2. The zero-order valence-corrected chi connectivity index (χ0v) is 16.0. The van der Waals surface area contributed by atoms with Crippen molar-refractivity contribution >= 4 is 44.4 Å². The molecule has 4 atom stereocenters. The van der Waals surface area contributed by atoms with Gasteiger partial charge in [-0.2, -0.15) is 0 Å². The molecule has 2 aliphatic rings. The molecule has 128 valence electrons. The molecule has 0 saturated carbocycles. The van der Waals surface area contributed by atoms with Gasteiger partial charge in [-0.1, -0.05) is 0 Å². The molecule has 0 amide bonds. The summed E-state index contributed by atoms with van der Waals surface area (Å²) in [6.45, 7) is 0. The fraction of sp³-hybridized carbons (Fsp3) is 0.250. The maximum absolute atomic E-state index is 11.1. The Labute approximate surface area is 148 Å². The van der Waals surface area contributed by atoms with Crippen molar-refractivity contribution in [1.29, 1.82) is 0 Å². The Morgan fingerprint density at radius 3 is 1.62 bits per heavy atom. The topological polar surface area (TPSA) is 80.9 Å². The van der Waals surface area contributed by atoms with E-state index in [1.54, 1.807) is 0 Å². The molecule has 4 N–H and O–H groups in total. The first-order chi connectivity index (χ1) is 11.5. The molecular weight excluding hydrogens is 382 g/mol. The van der Waals surface area contributed by atoms with Gasteiger partial charge >= 0.3 is 149 Å². The van der Waals surface area contributed by atoms with Crippen LogP contribution in [0.5, 0.6) is 0 Å². The molecule has 0 bridgehead atoms. The minimum absolute atomic E-state index is 0.784. The van der Waals surface area contributed by atoms with Crippen LogP contribution in [0.4, 0.5) is 0 Å². The molecule has 8 heteroatoms. The van der Waals surface area contributed by atoms with Crippen molar-refractivity contribution < 1.29 is 20.4 Å². The predicted octanol–water partition coefficient (Wildman–Crippen LogP) is 2.18. The Morgan fingerprint density at radius 2 is 1.17 bits per heavy atom. The molecule has 4 rings (SSSR count). The van der Waals surface area contributed by atoms with Gasteiger partial charge in [0.1, 0.15) is 0 Å². The van der Waals surface area contributed by atoms with Gasteiger partial charge in [0.05, 0.1) is 0 Å². The fourth-order valence-corrected chi connectivity index (χ4v) is 25.0. The van der Waals surface area contributed by atoms with E-state index in [1.165, 1.54) is 20.8 Å². The van der Waals surface area contributed by atoms with E-state index < -0.39 is 36.3 Å². The van der Waals surface area contributed by atoms with Crippen LogP contribution in [0, 0.1) is 0 Å². The van der Waals surface area contributed by atoms with Crippen LogP contribution in [0.15, 0.2) is 60.7 Å². The van der Waals surface area contributed by atoms with Gasteiger partial charge in [0.25, 0.3) is 0 Å². The van der Waals surface area contributed by atoms with Gasteiger partial charge in [-0.25, -0.2) is 0 Å². The molecule has 2 fully saturated rings. The van der Waals surface area contributed by atoms with Crippen molar-refractivity contribution in [2.24, 2.45) is 0 Å². The summed E-state index contributed by atoms with van der Waals surface area (Å²) in [7, 11) is 1.41. The van der Waals surface area contributed by atoms with Gasteiger partial charge in [-0.15, -0.1) is 0 Å². The van der Waals surface area contributed by atoms with E-state index in [9.17, 15) is 20.4 Å². The van der Waals surface area contributed by atoms with Crippen LogP contribution in [-0.4, -0.2) is 43.8 Å². The van der Waals surface area contributed by atoms with Crippen LogP contribution in [0.2, 0.25) is 0 Å². The minimum atomic E-state index is -3.31. The third-order valence-corrected chi connectivity index (χ3v) is 23.9. The molecule has 0 aromatic heterocycles. The molecule has 4 unspecified atom stereocenters. The van der Waals surface area contributed by atoms with Crippen molar-refractivity contribution in [2.75, 3.05) is 0 Å². The van der Waals surface area contributed by atoms with Gasteiger partial charge < -0.3 is 0 Å². The number of rotatable bonds is 2. The first kappa shape index (κ1) is 17.3. The maximum atomic E-state index is 11.1. The molecule has 4 nitrogen and oxygen atoms in total. The summed E-state index contributed by atoms with van der Waals surface area (Å²) in [5, 5.41) is 42.3. The van der Waals surface area contributed by atoms with E-state index in [1.807, 2.05) is 60.7 Å². The Morgan fingerprint density at radius 1 is 0.708 bits per heavy atom. The number of aliphatic hydroxyl groups is 4. The van der Waals surface area contributed by atoms with Crippen LogP contribution in [0.3, 0.4) is 0 Å². The van der Waals surface area contributed by atoms with Crippen LogP contribution in [0.25, 0.3) is 0 Å². The average molecular weight is 400 g/mol. The summed E-state index contributed by atoms with van der Waals surface area (Å²) in [5.74, 6) is -4.25. The van der Waals surface area contributed by atoms with Crippen LogP contribution >= 0.6 is 33.8 Å². The van der Waals surface area contributed by atoms with E-state index >= 15 is 0 Å². The first-order valence-electron chi connectivity index (χ1n) is 7.53. The Bertz CT molecular complexity index is 724. The standard InChI is InChI=1S/C16H18O4P2S2/c17-13-15(19)22(23-24-22,12-9-5-2-6-10-12)16(20)14(18)21(13)11-7-3-1-4-8-11/h1-10,13-20H. The van der Waals surface area contributed by atoms with Crippen molar-refractivity contribution in [3.05, 3.63) is 60.7 Å². The van der Waals surface area contributed by atoms with Gasteiger partial charge in [-0.05, 0) is 0 Å². The Balaban J connectivity index is 1.82. The second-order valence-corrected chi connectivity index (χ2v) is 21.4. The summed E-state index contributed by atoms with van der Waals surface area (Å²) >= 11 is 0. The molecular formula is C16H18O4P2S2. The van der Waals surface area contributed by atoms with Crippen molar-refractivity contribution in [3.8, 4) is 0 Å². The van der Waals surface area contributed by atoms with Crippen LogP contribution in [0.1, 0.15) is 0 Å². The molecule has 2 heterocycles. The number of hydrogen-bond donors (Lipinski definition) is 4. The quantitative estimate of drug-likeness (QED) is 0.352. The van der Waals surface area contributed by atoms with Crippen LogP contribution < -0.4 is 10.6 Å². The fourth-order valence-electron chi connectivity index (χ4n) is 3.36. The zero-order chi connectivity index (χ0) is 17.0. The SMILES string of the molecule is OC1C(O)P2(c3ccccc3)(SS2)C(O)C(O)P1c1ccccc1. The molecule has 0 aliphatic carbocycles. The third-order valence-electron chi connectivity index (χ3n) is 4.75. The van der Waals surface area contributed by atoms with Crippen LogP contribution in [-0.2, 0) is 0 Å². The van der Waals surface area contributed by atoms with E-state index in [-0.39, 0.29) is 0 Å². The van der Waals surface area contributed by atoms with Gasteiger partial charge in [0.2, 0.25) is 0 Å². The van der Waals surface area contributed by atoms with Crippen molar-refractivity contribution in [2.45, 2.75) is 23.4 Å². The average Bonchev–Trinajstić information content (AvgIpc) is 3.40. The molecule has 2 saturated heterocycles. The van der Waals surface area contributed by atoms with Crippen molar-refractivity contribution in [1.82, 2.24) is 0 Å². The Hall–Kier alpha value is -0.160. The number of hydrogen-bond acceptors (Lipinski definition) is 6. The number of aliphatic hydroxyl groups excluding tert-OH is 4. The Kier molecular flexibility index (Phi) is 4.27. The summed E-state index contributed by atoms with van der Waals surface area (Å²) in [6, 6.07) is 18.6. The summed E-state index contributed by atoms with van der Waals surface area (Å²) in [5.41, 5.74) is 0. The summed E-state index contributed by atoms with van der Waals surface area (Å²) in [4.78, 5) is 0. The van der Waals surface area contributed by atoms with Gasteiger partial charge in [0, 0.05) is 0 Å². The van der Waals surface area contributed by atoms with Gasteiger partial charge in [0.15, 0.2) is 0 Å². The van der Waals surface area contributed by atoms with E-state index in [2.05, 4.69) is 0 Å². The molecule has 2 aromatic carbocycles. The first-order valence-corrected chi connectivity index (χ1v) is 14.7. The number of benzene rings is 2. The monoisotopic (exact) mass is 400 g/mol.